The quantitative estimate of drug-likeness (QED) is 0.777. The second kappa shape index (κ2) is 8.58. The van der Waals surface area contributed by atoms with Crippen LogP contribution in [0.1, 0.15) is 42.7 Å². The molecule has 1 saturated carbocycles. The number of fused-ring (bicyclic) bond motifs is 1. The molecule has 0 aromatic heterocycles. The molecule has 2 aromatic rings. The number of hydrogen-bond acceptors (Lipinski definition) is 3. The van der Waals surface area contributed by atoms with Gasteiger partial charge in [-0.2, -0.15) is 0 Å². The fraction of sp³-hybridized carbons (Fsp3) is 0.462. The Morgan fingerprint density at radius 2 is 1.81 bits per heavy atom. The van der Waals surface area contributed by atoms with E-state index in [2.05, 4.69) is 48.6 Å². The second-order valence-electron chi connectivity index (χ2n) is 9.39. The van der Waals surface area contributed by atoms with Crippen molar-refractivity contribution in [2.45, 2.75) is 56.7 Å². The fourth-order valence-electron chi connectivity index (χ4n) is 5.77. The minimum atomic E-state index is -0.225. The van der Waals surface area contributed by atoms with E-state index in [1.807, 2.05) is 12.1 Å². The Labute approximate surface area is 189 Å². The summed E-state index contributed by atoms with van der Waals surface area (Å²) < 4.78 is 0. The monoisotopic (exact) mass is 433 g/mol. The van der Waals surface area contributed by atoms with E-state index < -0.39 is 0 Å². The van der Waals surface area contributed by atoms with Gasteiger partial charge in [0.15, 0.2) is 0 Å². The first-order valence-corrected chi connectivity index (χ1v) is 11.7. The number of amides is 3. The summed E-state index contributed by atoms with van der Waals surface area (Å²) in [5.41, 5.74) is 4.69. The summed E-state index contributed by atoms with van der Waals surface area (Å²) >= 11 is 0. The molecule has 2 heterocycles. The van der Waals surface area contributed by atoms with Crippen LogP contribution in [0, 0.1) is 6.92 Å². The van der Waals surface area contributed by atoms with Crippen molar-refractivity contribution in [3.05, 3.63) is 59.7 Å². The maximum Gasteiger partial charge on any atom is 0.318 e. The average Bonchev–Trinajstić information content (AvgIpc) is 3.29. The molecule has 1 aliphatic carbocycles. The highest BCUT2D eigenvalue weighted by atomic mass is 16.3. The zero-order valence-corrected chi connectivity index (χ0v) is 18.5. The summed E-state index contributed by atoms with van der Waals surface area (Å²) in [6, 6.07) is 16.5. The Balaban J connectivity index is 1.34. The Kier molecular flexibility index (Phi) is 5.64. The molecular formula is C26H31N3O3. The molecule has 0 spiro atoms. The summed E-state index contributed by atoms with van der Waals surface area (Å²) in [5.74, 6) is -0.0494. The van der Waals surface area contributed by atoms with Crippen molar-refractivity contribution in [1.82, 2.24) is 15.1 Å². The van der Waals surface area contributed by atoms with Gasteiger partial charge >= 0.3 is 6.03 Å². The van der Waals surface area contributed by atoms with Gasteiger partial charge in [-0.3, -0.25) is 4.79 Å². The van der Waals surface area contributed by atoms with Crippen LogP contribution in [0.3, 0.4) is 0 Å². The fourth-order valence-corrected chi connectivity index (χ4v) is 5.77. The Hall–Kier alpha value is -2.86. The maximum atomic E-state index is 12.8. The van der Waals surface area contributed by atoms with Gasteiger partial charge in [0.1, 0.15) is 6.54 Å². The molecule has 2 saturated heterocycles. The molecule has 5 rings (SSSR count). The number of aliphatic hydroxyl groups is 1. The topological polar surface area (TPSA) is 72.9 Å². The molecule has 0 unspecified atom stereocenters. The predicted octanol–water partition coefficient (Wildman–Crippen LogP) is 3.29. The Morgan fingerprint density at radius 3 is 2.50 bits per heavy atom. The van der Waals surface area contributed by atoms with Crippen LogP contribution in [0.2, 0.25) is 0 Å². The van der Waals surface area contributed by atoms with Crippen LogP contribution in [0.15, 0.2) is 48.5 Å². The molecule has 6 nitrogen and oxygen atoms in total. The molecule has 3 aliphatic rings. The van der Waals surface area contributed by atoms with Crippen LogP contribution in [-0.2, 0) is 4.79 Å². The molecule has 3 fully saturated rings. The zero-order valence-electron chi connectivity index (χ0n) is 18.5. The number of nitrogens with zero attached hydrogens (tertiary/aromatic N) is 2. The van der Waals surface area contributed by atoms with Gasteiger partial charge in [0, 0.05) is 18.5 Å². The smallest absolute Gasteiger partial charge is 0.318 e. The van der Waals surface area contributed by atoms with Crippen molar-refractivity contribution in [3.63, 3.8) is 0 Å². The van der Waals surface area contributed by atoms with Gasteiger partial charge in [0.05, 0.1) is 18.7 Å². The summed E-state index contributed by atoms with van der Waals surface area (Å²) in [4.78, 5) is 29.1. The Bertz CT molecular complexity index is 1000. The number of aryl methyl sites for hydroxylation is 1. The summed E-state index contributed by atoms with van der Waals surface area (Å²) in [6.07, 6.45) is 4.34. The van der Waals surface area contributed by atoms with Gasteiger partial charge in [-0.15, -0.1) is 0 Å². The standard InChI is InChI=1S/C26H31N3O3/c1-17-6-2-5-9-21(17)18-10-12-19(13-11-18)25-22-14-28(15-24(31)29(22)23(25)16-30)26(32)27-20-7-3-4-8-20/h2,5-6,9-13,20,22-23,25,30H,3-4,7-8,14-16H2,1H3,(H,27,32)/t22-,23+,25+/m1/s1. The lowest BCUT2D eigenvalue weighted by Gasteiger charge is -2.58. The first-order chi connectivity index (χ1) is 15.6. The second-order valence-corrected chi connectivity index (χ2v) is 9.39. The molecule has 2 aromatic carbocycles. The van der Waals surface area contributed by atoms with Crippen molar-refractivity contribution in [1.29, 1.82) is 0 Å². The van der Waals surface area contributed by atoms with Crippen molar-refractivity contribution in [2.24, 2.45) is 0 Å². The van der Waals surface area contributed by atoms with E-state index in [1.54, 1.807) is 9.80 Å². The molecular weight excluding hydrogens is 402 g/mol. The predicted molar refractivity (Wildman–Crippen MR) is 123 cm³/mol. The van der Waals surface area contributed by atoms with Gasteiger partial charge in [-0.05, 0) is 42.0 Å². The molecule has 0 radical (unpaired) electrons. The number of carbonyl (C=O) groups excluding carboxylic acids is 2. The van der Waals surface area contributed by atoms with Crippen molar-refractivity contribution >= 4 is 11.9 Å². The Morgan fingerprint density at radius 1 is 1.09 bits per heavy atom. The lowest BCUT2D eigenvalue weighted by Crippen LogP contribution is -2.74. The van der Waals surface area contributed by atoms with E-state index >= 15 is 0 Å². The van der Waals surface area contributed by atoms with Crippen LogP contribution in [0.25, 0.3) is 11.1 Å². The summed E-state index contributed by atoms with van der Waals surface area (Å²) in [5, 5.41) is 13.1. The minimum Gasteiger partial charge on any atom is -0.394 e. The van der Waals surface area contributed by atoms with Crippen molar-refractivity contribution in [3.8, 4) is 11.1 Å². The molecule has 3 amide bonds. The van der Waals surface area contributed by atoms with Crippen LogP contribution in [-0.4, -0.2) is 64.7 Å². The van der Waals surface area contributed by atoms with Crippen LogP contribution >= 0.6 is 0 Å². The number of benzene rings is 2. The average molecular weight is 434 g/mol. The summed E-state index contributed by atoms with van der Waals surface area (Å²) in [7, 11) is 0. The minimum absolute atomic E-state index is 0.0250. The highest BCUT2D eigenvalue weighted by molar-refractivity contribution is 5.87. The van der Waals surface area contributed by atoms with Gasteiger partial charge < -0.3 is 20.2 Å². The van der Waals surface area contributed by atoms with Crippen LogP contribution in [0.4, 0.5) is 4.79 Å². The number of urea groups is 1. The number of carbonyl (C=O) groups is 2. The number of rotatable bonds is 4. The first kappa shape index (κ1) is 21.0. The van der Waals surface area contributed by atoms with Gasteiger partial charge in [0.25, 0.3) is 0 Å². The van der Waals surface area contributed by atoms with E-state index in [-0.39, 0.29) is 49.1 Å². The van der Waals surface area contributed by atoms with Gasteiger partial charge in [-0.1, -0.05) is 61.4 Å². The number of aliphatic hydroxyl groups excluding tert-OH is 1. The third-order valence-corrected chi connectivity index (χ3v) is 7.47. The molecule has 2 aliphatic heterocycles. The van der Waals surface area contributed by atoms with Crippen LogP contribution in [0.5, 0.6) is 0 Å². The van der Waals surface area contributed by atoms with E-state index in [4.69, 9.17) is 0 Å². The maximum absolute atomic E-state index is 12.8. The third kappa shape index (κ3) is 3.66. The molecule has 168 valence electrons. The zero-order chi connectivity index (χ0) is 22.2. The number of nitrogens with one attached hydrogen (secondary N) is 1. The van der Waals surface area contributed by atoms with E-state index in [0.29, 0.717) is 6.54 Å². The SMILES string of the molecule is Cc1ccccc1-c1ccc([C@H]2[C@H]3CN(C(=O)NC4CCCC4)CC(=O)N3[C@H]2CO)cc1. The molecule has 3 atom stereocenters. The largest absolute Gasteiger partial charge is 0.394 e. The first-order valence-electron chi connectivity index (χ1n) is 11.7. The van der Waals surface area contributed by atoms with E-state index in [1.165, 1.54) is 11.1 Å². The van der Waals surface area contributed by atoms with Gasteiger partial charge in [0.2, 0.25) is 5.91 Å². The number of hydrogen-bond donors (Lipinski definition) is 2. The molecule has 0 bridgehead atoms. The molecule has 6 heteroatoms. The third-order valence-electron chi connectivity index (χ3n) is 7.47. The highest BCUT2D eigenvalue weighted by Crippen LogP contribution is 2.43. The van der Waals surface area contributed by atoms with E-state index in [9.17, 15) is 14.7 Å². The lowest BCUT2D eigenvalue weighted by atomic mass is 9.73. The molecule has 2 N–H and O–H groups in total. The van der Waals surface area contributed by atoms with Crippen molar-refractivity contribution < 1.29 is 14.7 Å². The lowest BCUT2D eigenvalue weighted by molar-refractivity contribution is -0.159. The normalized spacial score (nSPS) is 25.4. The van der Waals surface area contributed by atoms with Gasteiger partial charge in [-0.25, -0.2) is 4.79 Å². The van der Waals surface area contributed by atoms with E-state index in [0.717, 1.165) is 36.8 Å². The number of piperazine rings is 1. The van der Waals surface area contributed by atoms with Crippen LogP contribution < -0.4 is 5.32 Å². The summed E-state index contributed by atoms with van der Waals surface area (Å²) in [6.45, 7) is 2.63. The highest BCUT2D eigenvalue weighted by Gasteiger charge is 2.54. The molecule has 32 heavy (non-hydrogen) atoms. The van der Waals surface area contributed by atoms with Crippen molar-refractivity contribution in [2.75, 3.05) is 19.7 Å².